The number of nitrogens with zero attached hydrogens (tertiary/aromatic N) is 2. The molecular formula is C23H18N2O3. The third kappa shape index (κ3) is 3.30. The van der Waals surface area contributed by atoms with Crippen LogP contribution in [0.4, 0.5) is 5.69 Å². The molecule has 2 heterocycles. The van der Waals surface area contributed by atoms with Crippen molar-refractivity contribution in [3.8, 4) is 11.3 Å². The number of furan rings is 1. The third-order valence-corrected chi connectivity index (χ3v) is 4.55. The summed E-state index contributed by atoms with van der Waals surface area (Å²) < 4.78 is 5.88. The molecule has 0 aliphatic carbocycles. The number of benzene rings is 2. The van der Waals surface area contributed by atoms with Gasteiger partial charge < -0.3 is 4.42 Å². The van der Waals surface area contributed by atoms with Crippen LogP contribution < -0.4 is 5.01 Å². The van der Waals surface area contributed by atoms with Gasteiger partial charge in [0.2, 0.25) is 0 Å². The summed E-state index contributed by atoms with van der Waals surface area (Å²) in [7, 11) is 0. The average Bonchev–Trinajstić information content (AvgIpc) is 3.29. The number of hydrazone groups is 1. The Morgan fingerprint density at radius 3 is 2.39 bits per heavy atom. The zero-order chi connectivity index (χ0) is 19.7. The van der Waals surface area contributed by atoms with Gasteiger partial charge in [-0.3, -0.25) is 9.59 Å². The molecule has 0 saturated carbocycles. The Labute approximate surface area is 162 Å². The minimum absolute atomic E-state index is 0.0221. The molecule has 5 nitrogen and oxygen atoms in total. The van der Waals surface area contributed by atoms with E-state index in [-0.39, 0.29) is 11.7 Å². The number of amides is 1. The fourth-order valence-corrected chi connectivity index (χ4v) is 3.03. The van der Waals surface area contributed by atoms with E-state index in [0.29, 0.717) is 28.4 Å². The van der Waals surface area contributed by atoms with Crippen LogP contribution in [0.3, 0.4) is 0 Å². The molecule has 1 amide bonds. The van der Waals surface area contributed by atoms with Crippen molar-refractivity contribution in [1.82, 2.24) is 0 Å². The van der Waals surface area contributed by atoms with Crippen molar-refractivity contribution in [2.45, 2.75) is 13.8 Å². The number of hydrogen-bond acceptors (Lipinski definition) is 4. The van der Waals surface area contributed by atoms with Gasteiger partial charge in [-0.1, -0.05) is 42.5 Å². The Balaban J connectivity index is 1.59. The molecule has 1 aromatic heterocycles. The number of ketones is 1. The zero-order valence-electron chi connectivity index (χ0n) is 15.5. The highest BCUT2D eigenvalue weighted by Gasteiger charge is 2.28. The lowest BCUT2D eigenvalue weighted by atomic mass is 10.1. The Morgan fingerprint density at radius 2 is 1.71 bits per heavy atom. The molecule has 0 atom stereocenters. The van der Waals surface area contributed by atoms with Gasteiger partial charge in [0.05, 0.1) is 17.0 Å². The van der Waals surface area contributed by atoms with E-state index in [1.807, 2.05) is 54.6 Å². The lowest BCUT2D eigenvalue weighted by molar-refractivity contribution is -0.114. The Bertz CT molecular complexity index is 1110. The van der Waals surface area contributed by atoms with E-state index in [2.05, 4.69) is 5.10 Å². The minimum atomic E-state index is -0.188. The third-order valence-electron chi connectivity index (χ3n) is 4.55. The predicted octanol–water partition coefficient (Wildman–Crippen LogP) is 4.96. The second-order valence-corrected chi connectivity index (χ2v) is 6.53. The molecule has 3 aromatic rings. The van der Waals surface area contributed by atoms with Crippen LogP contribution in [0.25, 0.3) is 17.4 Å². The maximum absolute atomic E-state index is 12.8. The minimum Gasteiger partial charge on any atom is -0.457 e. The molecule has 4 rings (SSSR count). The van der Waals surface area contributed by atoms with Crippen LogP contribution in [0, 0.1) is 0 Å². The van der Waals surface area contributed by atoms with Crippen LogP contribution in [-0.2, 0) is 4.79 Å². The largest absolute Gasteiger partial charge is 0.457 e. The van der Waals surface area contributed by atoms with E-state index in [4.69, 9.17) is 4.42 Å². The van der Waals surface area contributed by atoms with Gasteiger partial charge in [-0.15, -0.1) is 0 Å². The fraction of sp³-hybridized carbons (Fsp3) is 0.0870. The second-order valence-electron chi connectivity index (χ2n) is 6.53. The standard InChI is InChI=1S/C23H18N2O3/c1-15-21(23(27)25(24-15)19-6-4-3-5-7-19)14-20-12-13-22(28-20)18-10-8-17(9-11-18)16(2)26/h3-14H,1-2H3/b21-14-. The van der Waals surface area contributed by atoms with Crippen molar-refractivity contribution in [3.05, 3.63) is 83.6 Å². The SMILES string of the molecule is CC(=O)c1ccc(-c2ccc(/C=C3\C(=O)N(c4ccccc4)N=C3C)o2)cc1. The summed E-state index contributed by atoms with van der Waals surface area (Å²) in [6.07, 6.45) is 1.71. The van der Waals surface area contributed by atoms with Gasteiger partial charge in [0, 0.05) is 11.1 Å². The molecule has 0 radical (unpaired) electrons. The second kappa shape index (κ2) is 7.12. The first-order valence-corrected chi connectivity index (χ1v) is 8.91. The van der Waals surface area contributed by atoms with Gasteiger partial charge in [-0.05, 0) is 44.2 Å². The molecule has 1 aliphatic heterocycles. The first kappa shape index (κ1) is 17.7. The van der Waals surface area contributed by atoms with Gasteiger partial charge in [0.15, 0.2) is 5.78 Å². The molecule has 0 saturated heterocycles. The lowest BCUT2D eigenvalue weighted by Gasteiger charge is -2.10. The number of para-hydroxylation sites is 1. The molecule has 0 bridgehead atoms. The van der Waals surface area contributed by atoms with Gasteiger partial charge in [0.1, 0.15) is 11.5 Å². The van der Waals surface area contributed by atoms with E-state index in [1.165, 1.54) is 11.9 Å². The van der Waals surface area contributed by atoms with Crippen molar-refractivity contribution in [3.63, 3.8) is 0 Å². The van der Waals surface area contributed by atoms with E-state index in [0.717, 1.165) is 11.3 Å². The van der Waals surface area contributed by atoms with Gasteiger partial charge in [-0.2, -0.15) is 10.1 Å². The molecule has 0 spiro atoms. The summed E-state index contributed by atoms with van der Waals surface area (Å²) in [4.78, 5) is 24.2. The Morgan fingerprint density at radius 1 is 1.00 bits per heavy atom. The molecule has 138 valence electrons. The van der Waals surface area contributed by atoms with Crippen LogP contribution in [0.5, 0.6) is 0 Å². The van der Waals surface area contributed by atoms with Crippen molar-refractivity contribution >= 4 is 29.2 Å². The highest BCUT2D eigenvalue weighted by atomic mass is 16.3. The highest BCUT2D eigenvalue weighted by Crippen LogP contribution is 2.27. The zero-order valence-corrected chi connectivity index (χ0v) is 15.5. The summed E-state index contributed by atoms with van der Waals surface area (Å²) in [5, 5.41) is 5.76. The Kier molecular flexibility index (Phi) is 4.49. The van der Waals surface area contributed by atoms with Crippen molar-refractivity contribution in [2.75, 3.05) is 5.01 Å². The fourth-order valence-electron chi connectivity index (χ4n) is 3.03. The Hall–Kier alpha value is -3.73. The number of carbonyl (C=O) groups is 2. The van der Waals surface area contributed by atoms with E-state index in [9.17, 15) is 9.59 Å². The van der Waals surface area contributed by atoms with E-state index in [1.54, 1.807) is 25.1 Å². The number of hydrogen-bond donors (Lipinski definition) is 0. The topological polar surface area (TPSA) is 62.9 Å². The van der Waals surface area contributed by atoms with Gasteiger partial charge in [0.25, 0.3) is 5.91 Å². The van der Waals surface area contributed by atoms with Crippen LogP contribution >= 0.6 is 0 Å². The monoisotopic (exact) mass is 370 g/mol. The van der Waals surface area contributed by atoms with Gasteiger partial charge in [-0.25, -0.2) is 0 Å². The number of rotatable bonds is 4. The lowest BCUT2D eigenvalue weighted by Crippen LogP contribution is -2.21. The molecule has 0 fully saturated rings. The van der Waals surface area contributed by atoms with Crippen molar-refractivity contribution in [1.29, 1.82) is 0 Å². The summed E-state index contributed by atoms with van der Waals surface area (Å²) in [5.74, 6) is 1.07. The highest BCUT2D eigenvalue weighted by molar-refractivity contribution is 6.32. The number of carbonyl (C=O) groups excluding carboxylic acids is 2. The smallest absolute Gasteiger partial charge is 0.280 e. The first-order chi connectivity index (χ1) is 13.5. The molecule has 0 unspecified atom stereocenters. The molecular weight excluding hydrogens is 352 g/mol. The maximum Gasteiger partial charge on any atom is 0.280 e. The summed E-state index contributed by atoms with van der Waals surface area (Å²) >= 11 is 0. The van der Waals surface area contributed by atoms with Crippen LogP contribution in [-0.4, -0.2) is 17.4 Å². The van der Waals surface area contributed by atoms with Gasteiger partial charge >= 0.3 is 0 Å². The molecule has 0 N–H and O–H groups in total. The predicted molar refractivity (Wildman–Crippen MR) is 109 cm³/mol. The first-order valence-electron chi connectivity index (χ1n) is 8.91. The van der Waals surface area contributed by atoms with Crippen LogP contribution in [0.2, 0.25) is 0 Å². The summed E-state index contributed by atoms with van der Waals surface area (Å²) in [6, 6.07) is 20.2. The van der Waals surface area contributed by atoms with Crippen molar-refractivity contribution in [2.24, 2.45) is 5.10 Å². The quantitative estimate of drug-likeness (QED) is 0.482. The average molecular weight is 370 g/mol. The molecule has 28 heavy (non-hydrogen) atoms. The summed E-state index contributed by atoms with van der Waals surface area (Å²) in [6.45, 7) is 3.34. The maximum atomic E-state index is 12.8. The van der Waals surface area contributed by atoms with E-state index < -0.39 is 0 Å². The number of anilines is 1. The molecule has 1 aliphatic rings. The van der Waals surface area contributed by atoms with Crippen LogP contribution in [0.1, 0.15) is 30.0 Å². The van der Waals surface area contributed by atoms with Crippen LogP contribution in [0.15, 0.2) is 81.8 Å². The number of Topliss-reactive ketones (excluding diaryl/α,β-unsaturated/α-hetero) is 1. The summed E-state index contributed by atoms with van der Waals surface area (Å²) in [5.41, 5.74) is 3.38. The van der Waals surface area contributed by atoms with E-state index >= 15 is 0 Å². The molecule has 5 heteroatoms. The molecule has 2 aromatic carbocycles. The van der Waals surface area contributed by atoms with Crippen molar-refractivity contribution < 1.29 is 14.0 Å². The normalized spacial score (nSPS) is 15.2.